The van der Waals surface area contributed by atoms with E-state index in [0.29, 0.717) is 6.42 Å². The number of rotatable bonds is 9. The van der Waals surface area contributed by atoms with E-state index in [9.17, 15) is 14.4 Å². The molecule has 4 unspecified atom stereocenters. The zero-order valence-electron chi connectivity index (χ0n) is 22.7. The predicted octanol–water partition coefficient (Wildman–Crippen LogP) is 2.85. The summed E-state index contributed by atoms with van der Waals surface area (Å²) >= 11 is 0. The van der Waals surface area contributed by atoms with Gasteiger partial charge in [0.15, 0.2) is 6.29 Å². The molecular formula is C26H42O10. The molecule has 0 spiro atoms. The molecule has 0 N–H and O–H groups in total. The maximum atomic E-state index is 13.2. The van der Waals surface area contributed by atoms with Crippen LogP contribution in [-0.4, -0.2) is 75.2 Å². The van der Waals surface area contributed by atoms with Gasteiger partial charge in [0.1, 0.15) is 18.3 Å². The molecule has 0 radical (unpaired) electrons. The second-order valence-electron chi connectivity index (χ2n) is 10.6. The first-order valence-corrected chi connectivity index (χ1v) is 12.9. The Morgan fingerprint density at radius 2 is 1.83 bits per heavy atom. The van der Waals surface area contributed by atoms with E-state index in [-0.39, 0.29) is 61.1 Å². The SMILES string of the molecule is CC[C@@H](C)[C@@H](OC(C)=O)C1OC(OCC2O[C@H](OC)C(C)[C@@H](C)[C@@H]2C)(C(=O)OC)C[C@H]2OC(=O)C[C@@H]12. The third-order valence-corrected chi connectivity index (χ3v) is 8.40. The quantitative estimate of drug-likeness (QED) is 0.336. The minimum Gasteiger partial charge on any atom is -0.465 e. The Kier molecular flexibility index (Phi) is 9.41. The van der Waals surface area contributed by atoms with Crippen LogP contribution in [0.5, 0.6) is 0 Å². The summed E-state index contributed by atoms with van der Waals surface area (Å²) in [5.74, 6) is -3.36. The smallest absolute Gasteiger partial charge is 0.366 e. The molecule has 0 aromatic rings. The molecule has 11 atom stereocenters. The molecule has 0 aromatic heterocycles. The van der Waals surface area contributed by atoms with E-state index < -0.39 is 42.3 Å². The molecule has 10 heteroatoms. The number of methoxy groups -OCH3 is 2. The van der Waals surface area contributed by atoms with Gasteiger partial charge in [0.05, 0.1) is 32.7 Å². The molecule has 3 aliphatic heterocycles. The molecule has 3 aliphatic rings. The van der Waals surface area contributed by atoms with Crippen molar-refractivity contribution in [3.05, 3.63) is 0 Å². The number of carbonyl (C=O) groups excluding carboxylic acids is 3. The van der Waals surface area contributed by atoms with Crippen LogP contribution in [0.25, 0.3) is 0 Å². The van der Waals surface area contributed by atoms with E-state index in [4.69, 9.17) is 33.2 Å². The van der Waals surface area contributed by atoms with E-state index >= 15 is 0 Å². The second kappa shape index (κ2) is 11.8. The highest BCUT2D eigenvalue weighted by molar-refractivity contribution is 5.79. The standard InChI is InChI=1S/C26H42O10/c1-9-13(2)22(33-17(6)27)23-18-10-21(28)34-19(18)11-26(36-23,25(29)31-8)32-12-20-15(4)14(3)16(5)24(30-7)35-20/h13-16,18-20,22-24H,9-12H2,1-8H3/t13-,14+,15+,16?,18-,19-,20?,22-,23?,24+,26?/m1/s1. The first kappa shape index (κ1) is 28.8. The third-order valence-electron chi connectivity index (χ3n) is 8.40. The zero-order valence-corrected chi connectivity index (χ0v) is 22.7. The van der Waals surface area contributed by atoms with Crippen molar-refractivity contribution in [1.29, 1.82) is 0 Å². The van der Waals surface area contributed by atoms with Gasteiger partial charge in [-0.1, -0.05) is 34.6 Å². The Morgan fingerprint density at radius 1 is 1.14 bits per heavy atom. The largest absolute Gasteiger partial charge is 0.465 e. The van der Waals surface area contributed by atoms with Gasteiger partial charge in [0.25, 0.3) is 5.79 Å². The normalized spacial score (nSPS) is 40.1. The predicted molar refractivity (Wildman–Crippen MR) is 126 cm³/mol. The number of hydrogen-bond donors (Lipinski definition) is 0. The van der Waals surface area contributed by atoms with E-state index in [1.54, 1.807) is 7.11 Å². The van der Waals surface area contributed by atoms with Gasteiger partial charge >= 0.3 is 17.9 Å². The van der Waals surface area contributed by atoms with Gasteiger partial charge in [-0.15, -0.1) is 0 Å². The van der Waals surface area contributed by atoms with E-state index in [1.165, 1.54) is 14.0 Å². The molecule has 0 aromatic carbocycles. The van der Waals surface area contributed by atoms with Gasteiger partial charge in [-0.25, -0.2) is 4.79 Å². The summed E-state index contributed by atoms with van der Waals surface area (Å²) in [5.41, 5.74) is 0. The average Bonchev–Trinajstić information content (AvgIpc) is 3.23. The molecule has 10 nitrogen and oxygen atoms in total. The molecule has 3 heterocycles. The molecule has 3 fully saturated rings. The summed E-state index contributed by atoms with van der Waals surface area (Å²) in [7, 11) is 2.85. The number of esters is 3. The molecule has 0 aliphatic carbocycles. The van der Waals surface area contributed by atoms with Gasteiger partial charge in [0, 0.05) is 25.9 Å². The number of fused-ring (bicyclic) bond motifs is 1. The fraction of sp³-hybridized carbons (Fsp3) is 0.885. The monoisotopic (exact) mass is 514 g/mol. The Bertz CT molecular complexity index is 800. The van der Waals surface area contributed by atoms with Crippen molar-refractivity contribution in [3.8, 4) is 0 Å². The fourth-order valence-corrected chi connectivity index (χ4v) is 5.61. The van der Waals surface area contributed by atoms with Crippen molar-refractivity contribution < 1.29 is 47.5 Å². The van der Waals surface area contributed by atoms with Crippen LogP contribution >= 0.6 is 0 Å². The number of carbonyl (C=O) groups is 3. The lowest BCUT2D eigenvalue weighted by molar-refractivity contribution is -0.328. The summed E-state index contributed by atoms with van der Waals surface area (Å²) in [6.07, 6.45) is -2.15. The molecule has 206 valence electrons. The first-order valence-electron chi connectivity index (χ1n) is 12.9. The van der Waals surface area contributed by atoms with E-state index in [1.807, 2.05) is 13.8 Å². The van der Waals surface area contributed by atoms with Crippen LogP contribution in [-0.2, 0) is 47.5 Å². The minimum atomic E-state index is -1.85. The molecule has 3 rings (SSSR count). The highest BCUT2D eigenvalue weighted by Crippen LogP contribution is 2.45. The minimum absolute atomic E-state index is 0.0271. The average molecular weight is 515 g/mol. The highest BCUT2D eigenvalue weighted by Gasteiger charge is 2.60. The van der Waals surface area contributed by atoms with Gasteiger partial charge in [-0.2, -0.15) is 0 Å². The van der Waals surface area contributed by atoms with Crippen LogP contribution in [0.15, 0.2) is 0 Å². The number of hydrogen-bond acceptors (Lipinski definition) is 10. The third kappa shape index (κ3) is 5.71. The lowest BCUT2D eigenvalue weighted by atomic mass is 9.79. The van der Waals surface area contributed by atoms with Gasteiger partial charge in [-0.3, -0.25) is 9.59 Å². The van der Waals surface area contributed by atoms with Crippen molar-refractivity contribution in [2.24, 2.45) is 29.6 Å². The molecular weight excluding hydrogens is 472 g/mol. The van der Waals surface area contributed by atoms with Gasteiger partial charge in [-0.05, 0) is 24.2 Å². The molecule has 0 bridgehead atoms. The van der Waals surface area contributed by atoms with Crippen LogP contribution in [0.4, 0.5) is 0 Å². The highest BCUT2D eigenvalue weighted by atomic mass is 16.8. The van der Waals surface area contributed by atoms with Crippen molar-refractivity contribution in [2.75, 3.05) is 20.8 Å². The summed E-state index contributed by atoms with van der Waals surface area (Å²) in [4.78, 5) is 37.5. The summed E-state index contributed by atoms with van der Waals surface area (Å²) < 4.78 is 40.7. The van der Waals surface area contributed by atoms with Crippen molar-refractivity contribution in [2.45, 2.75) is 97.3 Å². The van der Waals surface area contributed by atoms with Crippen LogP contribution in [0.1, 0.15) is 60.8 Å². The van der Waals surface area contributed by atoms with E-state index in [2.05, 4.69) is 20.8 Å². The second-order valence-corrected chi connectivity index (χ2v) is 10.6. The maximum absolute atomic E-state index is 13.2. The molecule has 3 saturated heterocycles. The van der Waals surface area contributed by atoms with Crippen molar-refractivity contribution >= 4 is 17.9 Å². The number of ether oxygens (including phenoxy) is 7. The summed E-state index contributed by atoms with van der Waals surface area (Å²) in [6, 6.07) is 0. The Balaban J connectivity index is 1.92. The maximum Gasteiger partial charge on any atom is 0.366 e. The van der Waals surface area contributed by atoms with Gasteiger partial charge < -0.3 is 33.2 Å². The van der Waals surface area contributed by atoms with E-state index in [0.717, 1.165) is 0 Å². The Hall–Kier alpha value is -1.75. The molecule has 0 amide bonds. The van der Waals surface area contributed by atoms with Gasteiger partial charge in [0.2, 0.25) is 0 Å². The van der Waals surface area contributed by atoms with Crippen LogP contribution in [0.2, 0.25) is 0 Å². The molecule has 36 heavy (non-hydrogen) atoms. The lowest BCUT2D eigenvalue weighted by Gasteiger charge is -2.47. The topological polar surface area (TPSA) is 116 Å². The summed E-state index contributed by atoms with van der Waals surface area (Å²) in [6.45, 7) is 11.6. The zero-order chi connectivity index (χ0) is 26.8. The first-order chi connectivity index (χ1) is 17.0. The Morgan fingerprint density at radius 3 is 2.42 bits per heavy atom. The van der Waals surface area contributed by atoms with Crippen LogP contribution in [0, 0.1) is 29.6 Å². The summed E-state index contributed by atoms with van der Waals surface area (Å²) in [5, 5.41) is 0. The lowest BCUT2D eigenvalue weighted by Crippen LogP contribution is -2.61. The van der Waals surface area contributed by atoms with Crippen LogP contribution < -0.4 is 0 Å². The van der Waals surface area contributed by atoms with Crippen LogP contribution in [0.3, 0.4) is 0 Å². The Labute approximate surface area is 213 Å². The molecule has 0 saturated carbocycles. The van der Waals surface area contributed by atoms with Crippen molar-refractivity contribution in [1.82, 2.24) is 0 Å². The van der Waals surface area contributed by atoms with Crippen molar-refractivity contribution in [3.63, 3.8) is 0 Å². The fourth-order valence-electron chi connectivity index (χ4n) is 5.61.